The average molecular weight is 307 g/mol. The smallest absolute Gasteiger partial charge is 0.243 e. The maximum Gasteiger partial charge on any atom is 0.243 e. The number of aliphatic hydroxyl groups is 1. The lowest BCUT2D eigenvalue weighted by Crippen LogP contribution is -2.47. The summed E-state index contributed by atoms with van der Waals surface area (Å²) in [6, 6.07) is 1.39. The van der Waals surface area contributed by atoms with E-state index in [4.69, 9.17) is 16.3 Å². The minimum absolute atomic E-state index is 0.0882. The average Bonchev–Trinajstić information content (AvgIpc) is 2.68. The van der Waals surface area contributed by atoms with Gasteiger partial charge in [-0.3, -0.25) is 4.98 Å². The van der Waals surface area contributed by atoms with Crippen molar-refractivity contribution in [2.75, 3.05) is 13.2 Å². The molecule has 2 heterocycles. The second kappa shape index (κ2) is 5.34. The molecule has 0 radical (unpaired) electrons. The lowest BCUT2D eigenvalue weighted by molar-refractivity contribution is -0.0228. The second-order valence-electron chi connectivity index (χ2n) is 4.50. The molecule has 6 nitrogen and oxygen atoms in total. The van der Waals surface area contributed by atoms with Crippen molar-refractivity contribution in [3.8, 4) is 0 Å². The Morgan fingerprint density at radius 3 is 3.00 bits per heavy atom. The summed E-state index contributed by atoms with van der Waals surface area (Å²) in [5, 5.41) is 10.3. The van der Waals surface area contributed by atoms with Crippen LogP contribution in [0.25, 0.3) is 0 Å². The van der Waals surface area contributed by atoms with Crippen LogP contribution < -0.4 is 4.72 Å². The Hall–Kier alpha value is -0.730. The van der Waals surface area contributed by atoms with Crippen LogP contribution in [0.3, 0.4) is 0 Å². The molecule has 2 atom stereocenters. The summed E-state index contributed by atoms with van der Waals surface area (Å²) in [6.45, 7) is 1.99. The zero-order valence-corrected chi connectivity index (χ0v) is 11.9. The Morgan fingerprint density at radius 1 is 1.68 bits per heavy atom. The van der Waals surface area contributed by atoms with Crippen molar-refractivity contribution in [1.82, 2.24) is 9.71 Å². The monoisotopic (exact) mass is 306 g/mol. The molecule has 106 valence electrons. The summed E-state index contributed by atoms with van der Waals surface area (Å²) < 4.78 is 31.7. The van der Waals surface area contributed by atoms with Crippen LogP contribution in [0.15, 0.2) is 23.4 Å². The molecule has 1 aliphatic rings. The van der Waals surface area contributed by atoms with Gasteiger partial charge in [0, 0.05) is 32.0 Å². The first-order valence-electron chi connectivity index (χ1n) is 5.78. The fraction of sp³-hybridized carbons (Fsp3) is 0.545. The molecule has 1 saturated heterocycles. The van der Waals surface area contributed by atoms with Gasteiger partial charge >= 0.3 is 0 Å². The molecule has 8 heteroatoms. The summed E-state index contributed by atoms with van der Waals surface area (Å²) in [5.74, 6) is 0. The van der Waals surface area contributed by atoms with Crippen molar-refractivity contribution in [2.24, 2.45) is 0 Å². The number of aromatic nitrogens is 1. The van der Waals surface area contributed by atoms with E-state index in [0.717, 1.165) is 0 Å². The van der Waals surface area contributed by atoms with Gasteiger partial charge in [0.15, 0.2) is 0 Å². The number of sulfonamides is 1. The van der Waals surface area contributed by atoms with Gasteiger partial charge in [0.2, 0.25) is 10.0 Å². The highest BCUT2D eigenvalue weighted by molar-refractivity contribution is 7.89. The van der Waals surface area contributed by atoms with Crippen LogP contribution in [0, 0.1) is 0 Å². The number of ether oxygens (including phenoxy) is 1. The molecule has 2 rings (SSSR count). The highest BCUT2D eigenvalue weighted by Crippen LogP contribution is 2.26. The Morgan fingerprint density at radius 2 is 2.42 bits per heavy atom. The SMILES string of the molecule is CC1OCCC1(O)CNS(=O)(=O)c1cnccc1Cl. The molecule has 0 aromatic carbocycles. The maximum absolute atomic E-state index is 12.1. The van der Waals surface area contributed by atoms with Crippen molar-refractivity contribution >= 4 is 21.6 Å². The Balaban J connectivity index is 2.13. The number of nitrogens with one attached hydrogen (secondary N) is 1. The Labute approximate surface area is 116 Å². The normalized spacial score (nSPS) is 27.6. The standard InChI is InChI=1S/C11H15ClN2O4S/c1-8-11(15,3-5-18-8)7-14-19(16,17)10-6-13-4-2-9(10)12/h2,4,6,8,14-15H,3,5,7H2,1H3. The maximum atomic E-state index is 12.1. The lowest BCUT2D eigenvalue weighted by atomic mass is 9.97. The van der Waals surface area contributed by atoms with Gasteiger partial charge in [-0.2, -0.15) is 0 Å². The van der Waals surface area contributed by atoms with E-state index in [2.05, 4.69) is 9.71 Å². The molecule has 1 fully saturated rings. The van der Waals surface area contributed by atoms with Gasteiger partial charge in [0.05, 0.1) is 11.1 Å². The number of hydrogen-bond acceptors (Lipinski definition) is 5. The van der Waals surface area contributed by atoms with Gasteiger partial charge in [-0.25, -0.2) is 13.1 Å². The van der Waals surface area contributed by atoms with Crippen LogP contribution in [-0.4, -0.2) is 43.4 Å². The van der Waals surface area contributed by atoms with E-state index in [-0.39, 0.29) is 16.5 Å². The molecule has 19 heavy (non-hydrogen) atoms. The van der Waals surface area contributed by atoms with E-state index >= 15 is 0 Å². The molecular formula is C11H15ClN2O4S. The van der Waals surface area contributed by atoms with E-state index in [1.165, 1.54) is 18.5 Å². The van der Waals surface area contributed by atoms with E-state index in [1.807, 2.05) is 0 Å². The van der Waals surface area contributed by atoms with Gasteiger partial charge in [0.25, 0.3) is 0 Å². The Bertz CT molecular complexity index is 566. The van der Waals surface area contributed by atoms with Crippen LogP contribution in [0.5, 0.6) is 0 Å². The molecule has 0 saturated carbocycles. The minimum atomic E-state index is -3.80. The molecule has 0 spiro atoms. The van der Waals surface area contributed by atoms with E-state index < -0.39 is 21.7 Å². The molecule has 1 aromatic rings. The van der Waals surface area contributed by atoms with Crippen LogP contribution in [0.4, 0.5) is 0 Å². The van der Waals surface area contributed by atoms with Crippen molar-refractivity contribution in [3.63, 3.8) is 0 Å². The number of pyridine rings is 1. The van der Waals surface area contributed by atoms with Crippen LogP contribution in [0.1, 0.15) is 13.3 Å². The summed E-state index contributed by atoms with van der Waals surface area (Å²) in [6.07, 6.45) is 2.54. The first-order valence-corrected chi connectivity index (χ1v) is 7.64. The number of halogens is 1. The van der Waals surface area contributed by atoms with Gasteiger partial charge in [0.1, 0.15) is 10.5 Å². The number of rotatable bonds is 4. The third-order valence-corrected chi connectivity index (χ3v) is 5.12. The van der Waals surface area contributed by atoms with E-state index in [9.17, 15) is 13.5 Å². The molecule has 0 aliphatic carbocycles. The largest absolute Gasteiger partial charge is 0.386 e. The highest BCUT2D eigenvalue weighted by Gasteiger charge is 2.40. The van der Waals surface area contributed by atoms with Crippen molar-refractivity contribution < 1.29 is 18.3 Å². The zero-order chi connectivity index (χ0) is 14.1. The van der Waals surface area contributed by atoms with Crippen molar-refractivity contribution in [2.45, 2.75) is 29.9 Å². The Kier molecular flexibility index (Phi) is 4.12. The molecule has 2 unspecified atom stereocenters. The molecular weight excluding hydrogens is 292 g/mol. The summed E-state index contributed by atoms with van der Waals surface area (Å²) in [7, 11) is -3.80. The first kappa shape index (κ1) is 14.7. The fourth-order valence-corrected chi connectivity index (χ4v) is 3.39. The molecule has 0 bridgehead atoms. The summed E-state index contributed by atoms with van der Waals surface area (Å²) >= 11 is 5.82. The van der Waals surface area contributed by atoms with Gasteiger partial charge < -0.3 is 9.84 Å². The van der Waals surface area contributed by atoms with Gasteiger partial charge in [-0.05, 0) is 13.0 Å². The van der Waals surface area contributed by atoms with Crippen LogP contribution in [-0.2, 0) is 14.8 Å². The third kappa shape index (κ3) is 3.06. The minimum Gasteiger partial charge on any atom is -0.386 e. The quantitative estimate of drug-likeness (QED) is 0.848. The van der Waals surface area contributed by atoms with Gasteiger partial charge in [-0.15, -0.1) is 0 Å². The molecule has 1 aromatic heterocycles. The first-order chi connectivity index (χ1) is 8.85. The van der Waals surface area contributed by atoms with Crippen molar-refractivity contribution in [1.29, 1.82) is 0 Å². The molecule has 1 aliphatic heterocycles. The lowest BCUT2D eigenvalue weighted by Gasteiger charge is -2.26. The van der Waals surface area contributed by atoms with Crippen molar-refractivity contribution in [3.05, 3.63) is 23.5 Å². The molecule has 0 amide bonds. The van der Waals surface area contributed by atoms with Crippen LogP contribution in [0.2, 0.25) is 5.02 Å². The third-order valence-electron chi connectivity index (χ3n) is 3.25. The summed E-state index contributed by atoms with van der Waals surface area (Å²) in [5.41, 5.74) is -1.19. The summed E-state index contributed by atoms with van der Waals surface area (Å²) in [4.78, 5) is 3.63. The van der Waals surface area contributed by atoms with E-state index in [0.29, 0.717) is 13.0 Å². The number of nitrogens with zero attached hydrogens (tertiary/aromatic N) is 1. The fourth-order valence-electron chi connectivity index (χ4n) is 1.86. The second-order valence-corrected chi connectivity index (χ2v) is 6.64. The topological polar surface area (TPSA) is 88.5 Å². The van der Waals surface area contributed by atoms with Gasteiger partial charge in [-0.1, -0.05) is 11.6 Å². The number of hydrogen-bond donors (Lipinski definition) is 2. The highest BCUT2D eigenvalue weighted by atomic mass is 35.5. The predicted molar refractivity (Wildman–Crippen MR) is 69.4 cm³/mol. The van der Waals surface area contributed by atoms with Crippen LogP contribution >= 0.6 is 11.6 Å². The zero-order valence-electron chi connectivity index (χ0n) is 10.3. The predicted octanol–water partition coefficient (Wildman–Crippen LogP) is 0.553. The van der Waals surface area contributed by atoms with E-state index in [1.54, 1.807) is 6.92 Å². The molecule has 2 N–H and O–H groups in total.